The molecule has 0 atom stereocenters. The fraction of sp³-hybridized carbons (Fsp3) is 0.368. The molecule has 1 aromatic heterocycles. The number of amides is 1. The number of aryl methyl sites for hydroxylation is 1. The summed E-state index contributed by atoms with van der Waals surface area (Å²) in [5.74, 6) is 0.737. The lowest BCUT2D eigenvalue weighted by Gasteiger charge is -2.09. The third-order valence-electron chi connectivity index (χ3n) is 3.92. The van der Waals surface area contributed by atoms with Gasteiger partial charge in [0.25, 0.3) is 5.88 Å². The molecule has 27 heavy (non-hydrogen) atoms. The molecule has 0 fully saturated rings. The molecule has 1 heterocycles. The predicted molar refractivity (Wildman–Crippen MR) is 93.8 cm³/mol. The van der Waals surface area contributed by atoms with Crippen LogP contribution >= 0.6 is 0 Å². The minimum absolute atomic E-state index is 0.171. The highest BCUT2D eigenvalue weighted by Crippen LogP contribution is 2.29. The van der Waals surface area contributed by atoms with E-state index in [2.05, 4.69) is 10.3 Å². The maximum Gasteiger partial charge on any atom is 0.416 e. The number of hydrogen-bond donors (Lipinski definition) is 1. The lowest BCUT2D eigenvalue weighted by atomic mass is 10.1. The van der Waals surface area contributed by atoms with Gasteiger partial charge in [0, 0.05) is 25.1 Å². The number of pyridine rings is 1. The Balaban J connectivity index is 1.76. The van der Waals surface area contributed by atoms with E-state index in [-0.39, 0.29) is 12.3 Å². The van der Waals surface area contributed by atoms with E-state index < -0.39 is 11.7 Å². The number of hydrogen-bond acceptors (Lipinski definition) is 4. The summed E-state index contributed by atoms with van der Waals surface area (Å²) in [6.07, 6.45) is -3.26. The molecule has 1 amide bonds. The third-order valence-corrected chi connectivity index (χ3v) is 3.92. The van der Waals surface area contributed by atoms with Gasteiger partial charge in [0.1, 0.15) is 0 Å². The average molecular weight is 382 g/mol. The maximum atomic E-state index is 12.5. The van der Waals surface area contributed by atoms with E-state index in [0.717, 1.165) is 17.8 Å². The third kappa shape index (κ3) is 6.16. The van der Waals surface area contributed by atoms with E-state index in [0.29, 0.717) is 36.6 Å². The molecule has 0 spiro atoms. The number of methoxy groups -OCH3 is 2. The Labute approximate surface area is 155 Å². The maximum absolute atomic E-state index is 12.5. The summed E-state index contributed by atoms with van der Waals surface area (Å²) in [6, 6.07) is 8.36. The molecule has 8 heteroatoms. The fourth-order valence-corrected chi connectivity index (χ4v) is 2.44. The molecule has 0 radical (unpaired) electrons. The second kappa shape index (κ2) is 9.25. The zero-order chi connectivity index (χ0) is 19.9. The Kier molecular flexibility index (Phi) is 7.04. The normalized spacial score (nSPS) is 11.1. The molecular weight excluding hydrogens is 361 g/mol. The van der Waals surface area contributed by atoms with E-state index in [1.54, 1.807) is 12.1 Å². The van der Waals surface area contributed by atoms with Crippen molar-refractivity contribution in [1.82, 2.24) is 10.3 Å². The molecule has 0 saturated heterocycles. The Hall–Kier alpha value is -2.77. The molecule has 0 aliphatic carbocycles. The highest BCUT2D eigenvalue weighted by Gasteiger charge is 2.29. The number of aromatic nitrogens is 1. The molecule has 2 aromatic rings. The fourth-order valence-electron chi connectivity index (χ4n) is 2.44. The van der Waals surface area contributed by atoms with E-state index >= 15 is 0 Å². The quantitative estimate of drug-likeness (QED) is 0.760. The van der Waals surface area contributed by atoms with Crippen molar-refractivity contribution in [3.05, 3.63) is 53.2 Å². The molecule has 1 aromatic carbocycles. The minimum atomic E-state index is -4.35. The van der Waals surface area contributed by atoms with Gasteiger partial charge in [0.15, 0.2) is 5.75 Å². The number of halogens is 3. The molecule has 0 saturated carbocycles. The van der Waals surface area contributed by atoms with Crippen molar-refractivity contribution < 1.29 is 27.4 Å². The van der Waals surface area contributed by atoms with Crippen molar-refractivity contribution in [2.24, 2.45) is 0 Å². The first-order valence-electron chi connectivity index (χ1n) is 8.34. The molecule has 5 nitrogen and oxygen atoms in total. The Morgan fingerprint density at radius 2 is 1.74 bits per heavy atom. The van der Waals surface area contributed by atoms with Crippen LogP contribution in [0, 0.1) is 0 Å². The van der Waals surface area contributed by atoms with Crippen molar-refractivity contribution in [3.63, 3.8) is 0 Å². The van der Waals surface area contributed by atoms with Crippen LogP contribution in [0.3, 0.4) is 0 Å². The van der Waals surface area contributed by atoms with Crippen molar-refractivity contribution in [1.29, 1.82) is 0 Å². The highest BCUT2D eigenvalue weighted by molar-refractivity contribution is 5.76. The van der Waals surface area contributed by atoms with Crippen LogP contribution in [0.2, 0.25) is 0 Å². The molecule has 0 bridgehead atoms. The Morgan fingerprint density at radius 3 is 2.33 bits per heavy atom. The van der Waals surface area contributed by atoms with E-state index in [1.165, 1.54) is 26.4 Å². The van der Waals surface area contributed by atoms with Crippen molar-refractivity contribution >= 4 is 5.91 Å². The summed E-state index contributed by atoms with van der Waals surface area (Å²) in [5.41, 5.74) is 0.730. The second-order valence-corrected chi connectivity index (χ2v) is 5.81. The monoisotopic (exact) mass is 382 g/mol. The van der Waals surface area contributed by atoms with Crippen molar-refractivity contribution in [2.45, 2.75) is 25.4 Å². The van der Waals surface area contributed by atoms with Crippen LogP contribution in [0.4, 0.5) is 13.2 Å². The topological polar surface area (TPSA) is 60.5 Å². The molecule has 0 aliphatic heterocycles. The van der Waals surface area contributed by atoms with Gasteiger partial charge in [-0.3, -0.25) is 4.79 Å². The second-order valence-electron chi connectivity index (χ2n) is 5.81. The number of carbonyl (C=O) groups is 1. The van der Waals surface area contributed by atoms with Gasteiger partial charge in [-0.2, -0.15) is 13.2 Å². The average Bonchev–Trinajstić information content (AvgIpc) is 2.65. The Morgan fingerprint density at radius 1 is 1.04 bits per heavy atom. The lowest BCUT2D eigenvalue weighted by Crippen LogP contribution is -2.26. The summed E-state index contributed by atoms with van der Waals surface area (Å²) in [5, 5.41) is 2.77. The van der Waals surface area contributed by atoms with E-state index in [4.69, 9.17) is 9.47 Å². The molecule has 1 N–H and O–H groups in total. The van der Waals surface area contributed by atoms with Crippen LogP contribution < -0.4 is 14.8 Å². The summed E-state index contributed by atoms with van der Waals surface area (Å²) in [4.78, 5) is 16.2. The van der Waals surface area contributed by atoms with Gasteiger partial charge in [-0.1, -0.05) is 12.1 Å². The molecule has 146 valence electrons. The van der Waals surface area contributed by atoms with Crippen LogP contribution in [0.5, 0.6) is 11.6 Å². The number of alkyl halides is 3. The standard InChI is InChI=1S/C19H21F3N2O3/c1-26-16-9-8-15(24-18(16)27-2)11-12-23-17(25)10-5-13-3-6-14(7-4-13)19(20,21)22/h3-4,6-9H,5,10-12H2,1-2H3,(H,23,25). The van der Waals surface area contributed by atoms with Gasteiger partial charge in [-0.15, -0.1) is 0 Å². The van der Waals surface area contributed by atoms with Gasteiger partial charge in [0.05, 0.1) is 19.8 Å². The largest absolute Gasteiger partial charge is 0.491 e. The smallest absolute Gasteiger partial charge is 0.416 e. The van der Waals surface area contributed by atoms with Crippen LogP contribution in [0.1, 0.15) is 23.2 Å². The van der Waals surface area contributed by atoms with Crippen LogP contribution in [0.15, 0.2) is 36.4 Å². The van der Waals surface area contributed by atoms with Crippen LogP contribution in [-0.4, -0.2) is 31.7 Å². The van der Waals surface area contributed by atoms with Gasteiger partial charge in [-0.25, -0.2) is 4.98 Å². The number of ether oxygens (including phenoxy) is 2. The SMILES string of the molecule is COc1ccc(CCNC(=O)CCc2ccc(C(F)(F)F)cc2)nc1OC. The zero-order valence-electron chi connectivity index (χ0n) is 15.1. The summed E-state index contributed by atoms with van der Waals surface area (Å²) in [7, 11) is 3.02. The minimum Gasteiger partial charge on any atom is -0.491 e. The number of nitrogens with one attached hydrogen (secondary N) is 1. The summed E-state index contributed by atoms with van der Waals surface area (Å²) < 4.78 is 47.8. The number of benzene rings is 1. The first kappa shape index (κ1) is 20.5. The summed E-state index contributed by atoms with van der Waals surface area (Å²) >= 11 is 0. The van der Waals surface area contributed by atoms with Gasteiger partial charge >= 0.3 is 6.18 Å². The van der Waals surface area contributed by atoms with Crippen LogP contribution in [0.25, 0.3) is 0 Å². The zero-order valence-corrected chi connectivity index (χ0v) is 15.1. The van der Waals surface area contributed by atoms with Gasteiger partial charge in [-0.05, 0) is 36.2 Å². The predicted octanol–water partition coefficient (Wildman–Crippen LogP) is 3.41. The van der Waals surface area contributed by atoms with E-state index in [1.807, 2.05) is 0 Å². The Bertz CT molecular complexity index is 762. The lowest BCUT2D eigenvalue weighted by molar-refractivity contribution is -0.137. The van der Waals surface area contributed by atoms with Crippen LogP contribution in [-0.2, 0) is 23.8 Å². The van der Waals surface area contributed by atoms with Gasteiger partial charge in [0.2, 0.25) is 5.91 Å². The number of nitrogens with zero attached hydrogens (tertiary/aromatic N) is 1. The van der Waals surface area contributed by atoms with E-state index in [9.17, 15) is 18.0 Å². The first-order chi connectivity index (χ1) is 12.8. The first-order valence-corrected chi connectivity index (χ1v) is 8.34. The molecule has 2 rings (SSSR count). The van der Waals surface area contributed by atoms with Crippen molar-refractivity contribution in [3.8, 4) is 11.6 Å². The number of rotatable bonds is 8. The summed E-state index contributed by atoms with van der Waals surface area (Å²) in [6.45, 7) is 0.397. The number of carbonyl (C=O) groups excluding carboxylic acids is 1. The highest BCUT2D eigenvalue weighted by atomic mass is 19.4. The van der Waals surface area contributed by atoms with Gasteiger partial charge < -0.3 is 14.8 Å². The molecule has 0 unspecified atom stereocenters. The van der Waals surface area contributed by atoms with Crippen molar-refractivity contribution in [2.75, 3.05) is 20.8 Å². The molecule has 0 aliphatic rings. The molecular formula is C19H21F3N2O3.